The Labute approximate surface area is 58.8 Å². The fraction of sp³-hybridized carbons (Fsp3) is 0.667. The van der Waals surface area contributed by atoms with Gasteiger partial charge < -0.3 is 9.84 Å². The van der Waals surface area contributed by atoms with Crippen LogP contribution in [0.15, 0.2) is 0 Å². The number of carboxylic acid groups (broad SMARTS) is 1. The second kappa shape index (κ2) is 4.78. The third kappa shape index (κ3) is 3.06. The number of hydrogen-bond donors (Lipinski definition) is 1. The summed E-state index contributed by atoms with van der Waals surface area (Å²) in [7, 11) is 0. The van der Waals surface area contributed by atoms with Gasteiger partial charge in [-0.2, -0.15) is 0 Å². The standard InChI is InChI=1S/C6H9O4/c1-2-5(6(8)9)3-10-4-7/h5H,2-3H2,1H3,(H,8,9). The van der Waals surface area contributed by atoms with E-state index >= 15 is 0 Å². The largest absolute Gasteiger partial charge is 0.481 e. The van der Waals surface area contributed by atoms with Gasteiger partial charge in [-0.15, -0.1) is 0 Å². The van der Waals surface area contributed by atoms with E-state index in [2.05, 4.69) is 4.74 Å². The Bertz CT molecular complexity index is 121. The first-order valence-corrected chi connectivity index (χ1v) is 2.94. The van der Waals surface area contributed by atoms with Gasteiger partial charge in [-0.1, -0.05) is 6.92 Å². The third-order valence-electron chi connectivity index (χ3n) is 1.19. The summed E-state index contributed by atoms with van der Waals surface area (Å²) in [5, 5.41) is 8.39. The van der Waals surface area contributed by atoms with Gasteiger partial charge in [0.05, 0.1) is 5.92 Å². The van der Waals surface area contributed by atoms with Crippen LogP contribution in [0.2, 0.25) is 0 Å². The fourth-order valence-corrected chi connectivity index (χ4v) is 0.498. The maximum atomic E-state index is 10.2. The lowest BCUT2D eigenvalue weighted by atomic mass is 10.1. The summed E-state index contributed by atoms with van der Waals surface area (Å²) in [4.78, 5) is 19.7. The Morgan fingerprint density at radius 1 is 1.80 bits per heavy atom. The summed E-state index contributed by atoms with van der Waals surface area (Å²) in [5.41, 5.74) is 0. The SMILES string of the molecule is CCC(CO[C]=O)C(=O)O. The highest BCUT2D eigenvalue weighted by Gasteiger charge is 2.14. The van der Waals surface area contributed by atoms with Gasteiger partial charge in [-0.05, 0) is 6.42 Å². The van der Waals surface area contributed by atoms with Gasteiger partial charge in [-0.3, -0.25) is 4.79 Å². The average Bonchev–Trinajstić information content (AvgIpc) is 1.89. The van der Waals surface area contributed by atoms with Crippen LogP contribution in [0, 0.1) is 5.92 Å². The molecule has 0 saturated carbocycles. The maximum absolute atomic E-state index is 10.2. The molecule has 0 aliphatic carbocycles. The lowest BCUT2D eigenvalue weighted by molar-refractivity contribution is -0.142. The lowest BCUT2D eigenvalue weighted by Gasteiger charge is -2.05. The molecule has 0 aliphatic heterocycles. The minimum Gasteiger partial charge on any atom is -0.481 e. The van der Waals surface area contributed by atoms with Crippen molar-refractivity contribution in [2.24, 2.45) is 5.92 Å². The Balaban J connectivity index is 3.60. The van der Waals surface area contributed by atoms with E-state index in [1.165, 1.54) is 6.47 Å². The molecular formula is C6H9O4. The van der Waals surface area contributed by atoms with Gasteiger partial charge in [0.25, 0.3) is 0 Å². The molecule has 0 aromatic heterocycles. The summed E-state index contributed by atoms with van der Waals surface area (Å²) in [5.74, 6) is -1.54. The molecule has 10 heavy (non-hydrogen) atoms. The fourth-order valence-electron chi connectivity index (χ4n) is 0.498. The molecular weight excluding hydrogens is 136 g/mol. The first kappa shape index (κ1) is 8.94. The monoisotopic (exact) mass is 145 g/mol. The molecule has 0 rings (SSSR count). The van der Waals surface area contributed by atoms with Crippen molar-refractivity contribution in [2.75, 3.05) is 6.61 Å². The molecule has 57 valence electrons. The smallest absolute Gasteiger partial charge is 0.417 e. The molecule has 0 saturated heterocycles. The van der Waals surface area contributed by atoms with Crippen molar-refractivity contribution in [3.05, 3.63) is 0 Å². The van der Waals surface area contributed by atoms with Gasteiger partial charge in [0.1, 0.15) is 6.61 Å². The van der Waals surface area contributed by atoms with E-state index in [0.717, 1.165) is 0 Å². The van der Waals surface area contributed by atoms with Crippen LogP contribution in [0.25, 0.3) is 0 Å². The highest BCUT2D eigenvalue weighted by atomic mass is 16.5. The molecule has 0 amide bonds. The summed E-state index contributed by atoms with van der Waals surface area (Å²) < 4.78 is 4.16. The molecule has 0 spiro atoms. The van der Waals surface area contributed by atoms with Gasteiger partial charge >= 0.3 is 12.4 Å². The molecule has 0 heterocycles. The van der Waals surface area contributed by atoms with Crippen molar-refractivity contribution in [1.29, 1.82) is 0 Å². The topological polar surface area (TPSA) is 63.6 Å². The van der Waals surface area contributed by atoms with E-state index in [1.54, 1.807) is 6.92 Å². The highest BCUT2D eigenvalue weighted by Crippen LogP contribution is 2.01. The molecule has 0 aromatic rings. The quantitative estimate of drug-likeness (QED) is 0.599. The summed E-state index contributed by atoms with van der Waals surface area (Å²) in [6, 6.07) is 0. The van der Waals surface area contributed by atoms with Crippen LogP contribution in [-0.4, -0.2) is 24.2 Å². The van der Waals surface area contributed by atoms with Crippen LogP contribution < -0.4 is 0 Å². The molecule has 4 heteroatoms. The zero-order valence-electron chi connectivity index (χ0n) is 5.66. The van der Waals surface area contributed by atoms with E-state index in [9.17, 15) is 9.59 Å². The maximum Gasteiger partial charge on any atom is 0.417 e. The number of rotatable bonds is 5. The Kier molecular flexibility index (Phi) is 4.28. The van der Waals surface area contributed by atoms with E-state index < -0.39 is 11.9 Å². The van der Waals surface area contributed by atoms with E-state index in [-0.39, 0.29) is 6.61 Å². The average molecular weight is 145 g/mol. The zero-order valence-corrected chi connectivity index (χ0v) is 5.66. The number of aliphatic carboxylic acids is 1. The van der Waals surface area contributed by atoms with Crippen molar-refractivity contribution >= 4 is 12.4 Å². The zero-order chi connectivity index (χ0) is 7.98. The summed E-state index contributed by atoms with van der Waals surface area (Å²) in [6.45, 7) is 2.80. The van der Waals surface area contributed by atoms with Crippen LogP contribution in [0.4, 0.5) is 0 Å². The van der Waals surface area contributed by atoms with Crippen molar-refractivity contribution in [3.8, 4) is 0 Å². The minimum atomic E-state index is -0.947. The summed E-state index contributed by atoms with van der Waals surface area (Å²) >= 11 is 0. The van der Waals surface area contributed by atoms with Crippen molar-refractivity contribution in [3.63, 3.8) is 0 Å². The normalized spacial score (nSPS) is 12.1. The Hall–Kier alpha value is -1.06. The first-order chi connectivity index (χ1) is 4.72. The van der Waals surface area contributed by atoms with Gasteiger partial charge in [0.2, 0.25) is 0 Å². The van der Waals surface area contributed by atoms with Crippen molar-refractivity contribution < 1.29 is 19.4 Å². The Morgan fingerprint density at radius 2 is 2.40 bits per heavy atom. The minimum absolute atomic E-state index is 0.0880. The van der Waals surface area contributed by atoms with Gasteiger partial charge in [-0.25, -0.2) is 4.79 Å². The number of ether oxygens (including phenoxy) is 1. The molecule has 0 aromatic carbocycles. The van der Waals surface area contributed by atoms with Crippen LogP contribution in [0.5, 0.6) is 0 Å². The second-order valence-electron chi connectivity index (χ2n) is 1.84. The molecule has 0 aliphatic rings. The predicted molar refractivity (Wildman–Crippen MR) is 33.1 cm³/mol. The molecule has 1 atom stereocenters. The van der Waals surface area contributed by atoms with E-state index in [0.29, 0.717) is 6.42 Å². The number of carboxylic acids is 1. The number of carbonyl (C=O) groups excluding carboxylic acids is 1. The molecule has 1 radical (unpaired) electrons. The van der Waals surface area contributed by atoms with Crippen LogP contribution in [-0.2, 0) is 14.3 Å². The van der Waals surface area contributed by atoms with E-state index in [4.69, 9.17) is 5.11 Å². The first-order valence-electron chi connectivity index (χ1n) is 2.94. The highest BCUT2D eigenvalue weighted by molar-refractivity contribution is 5.70. The molecule has 0 fully saturated rings. The number of carbonyl (C=O) groups is 1. The van der Waals surface area contributed by atoms with E-state index in [1.807, 2.05) is 0 Å². The second-order valence-corrected chi connectivity index (χ2v) is 1.84. The summed E-state index contributed by atoms with van der Waals surface area (Å²) in [6.07, 6.45) is 0.455. The Morgan fingerprint density at radius 3 is 2.70 bits per heavy atom. The molecule has 0 bridgehead atoms. The lowest BCUT2D eigenvalue weighted by Crippen LogP contribution is -2.18. The predicted octanol–water partition coefficient (Wildman–Crippen LogP) is 0.181. The number of hydrogen-bond acceptors (Lipinski definition) is 3. The van der Waals surface area contributed by atoms with Crippen molar-refractivity contribution in [1.82, 2.24) is 0 Å². The molecule has 4 nitrogen and oxygen atoms in total. The van der Waals surface area contributed by atoms with Gasteiger partial charge in [0, 0.05) is 0 Å². The van der Waals surface area contributed by atoms with Gasteiger partial charge in [0.15, 0.2) is 0 Å². The molecule has 1 N–H and O–H groups in total. The van der Waals surface area contributed by atoms with Crippen LogP contribution in [0.1, 0.15) is 13.3 Å². The van der Waals surface area contributed by atoms with Crippen LogP contribution >= 0.6 is 0 Å². The third-order valence-corrected chi connectivity index (χ3v) is 1.19. The molecule has 1 unspecified atom stereocenters. The van der Waals surface area contributed by atoms with Crippen LogP contribution in [0.3, 0.4) is 0 Å². The van der Waals surface area contributed by atoms with Crippen molar-refractivity contribution in [2.45, 2.75) is 13.3 Å².